The van der Waals surface area contributed by atoms with Gasteiger partial charge in [0.1, 0.15) is 20.5 Å². The third-order valence-electron chi connectivity index (χ3n) is 4.59. The Hall–Kier alpha value is -2.89. The molecule has 12 heteroatoms. The number of carbonyl (C=O) groups excluding carboxylic acids is 1. The van der Waals surface area contributed by atoms with Crippen LogP contribution in [0.25, 0.3) is 0 Å². The van der Waals surface area contributed by atoms with Crippen LogP contribution in [0.1, 0.15) is 43.9 Å². The number of benzene rings is 1. The second-order valence-corrected chi connectivity index (χ2v) is 10.5. The summed E-state index contributed by atoms with van der Waals surface area (Å²) < 4.78 is 33.2. The van der Waals surface area contributed by atoms with Gasteiger partial charge < -0.3 is 15.0 Å². The van der Waals surface area contributed by atoms with Crippen LogP contribution < -0.4 is 10.0 Å². The largest absolute Gasteiger partial charge is 0.411 e. The fourth-order valence-electron chi connectivity index (χ4n) is 3.09. The van der Waals surface area contributed by atoms with Crippen LogP contribution in [0.5, 0.6) is 0 Å². The summed E-state index contributed by atoms with van der Waals surface area (Å²) in [4.78, 5) is 13.5. The molecular weight excluding hydrogens is 476 g/mol. The highest BCUT2D eigenvalue weighted by atomic mass is 35.5. The summed E-state index contributed by atoms with van der Waals surface area (Å²) >= 11 is 7.04. The molecule has 0 atom stereocenters. The summed E-state index contributed by atoms with van der Waals surface area (Å²) in [5, 5.41) is 18.9. The van der Waals surface area contributed by atoms with Crippen molar-refractivity contribution >= 4 is 56.2 Å². The molecule has 3 rings (SSSR count). The Morgan fingerprint density at radius 2 is 1.91 bits per heavy atom. The molecular formula is C20H21ClN4O5S2. The van der Waals surface area contributed by atoms with E-state index in [0.29, 0.717) is 27.5 Å². The first kappa shape index (κ1) is 23.8. The van der Waals surface area contributed by atoms with Crippen LogP contribution in [0, 0.1) is 27.7 Å². The summed E-state index contributed by atoms with van der Waals surface area (Å²) in [5.74, 6) is -0.854. The van der Waals surface area contributed by atoms with Gasteiger partial charge in [-0.3, -0.25) is 4.79 Å². The van der Waals surface area contributed by atoms with E-state index in [4.69, 9.17) is 16.1 Å². The minimum Gasteiger partial charge on any atom is -0.411 e. The highest BCUT2D eigenvalue weighted by Crippen LogP contribution is 2.32. The van der Waals surface area contributed by atoms with Crippen LogP contribution >= 0.6 is 22.9 Å². The molecule has 2 heterocycles. The smallest absolute Gasteiger partial charge is 0.267 e. The maximum atomic E-state index is 13.2. The molecule has 0 spiro atoms. The summed E-state index contributed by atoms with van der Waals surface area (Å²) in [5.41, 5.74) is 3.23. The van der Waals surface area contributed by atoms with Gasteiger partial charge in [0.15, 0.2) is 0 Å². The molecule has 1 aromatic carbocycles. The van der Waals surface area contributed by atoms with E-state index in [9.17, 15) is 18.4 Å². The molecule has 9 nitrogen and oxygen atoms in total. The van der Waals surface area contributed by atoms with Crippen LogP contribution in [0.2, 0.25) is 5.02 Å². The lowest BCUT2D eigenvalue weighted by molar-refractivity contribution is 0.102. The average molecular weight is 497 g/mol. The number of hydrogen-bond donors (Lipinski definition) is 3. The van der Waals surface area contributed by atoms with Crippen molar-refractivity contribution in [3.05, 3.63) is 55.4 Å². The van der Waals surface area contributed by atoms with Crippen molar-refractivity contribution in [2.24, 2.45) is 5.16 Å². The molecule has 0 unspecified atom stereocenters. The zero-order valence-electron chi connectivity index (χ0n) is 17.9. The molecule has 0 radical (unpaired) electrons. The summed E-state index contributed by atoms with van der Waals surface area (Å²) in [6, 6.07) is 5.02. The number of aromatic nitrogens is 1. The van der Waals surface area contributed by atoms with Crippen LogP contribution in [0.15, 0.2) is 32.8 Å². The Balaban J connectivity index is 2.01. The van der Waals surface area contributed by atoms with Crippen LogP contribution in [0.4, 0.5) is 11.6 Å². The van der Waals surface area contributed by atoms with E-state index in [1.54, 1.807) is 33.8 Å². The summed E-state index contributed by atoms with van der Waals surface area (Å²) in [6.45, 7) is 8.53. The molecule has 0 saturated heterocycles. The Morgan fingerprint density at radius 1 is 1.22 bits per heavy atom. The number of halogens is 1. The highest BCUT2D eigenvalue weighted by molar-refractivity contribution is 7.93. The first-order chi connectivity index (χ1) is 14.9. The van der Waals surface area contributed by atoms with Crippen molar-refractivity contribution in [2.45, 2.75) is 39.5 Å². The van der Waals surface area contributed by atoms with Crippen LogP contribution in [-0.4, -0.2) is 30.4 Å². The van der Waals surface area contributed by atoms with Gasteiger partial charge >= 0.3 is 0 Å². The number of thiophene rings is 1. The molecule has 170 valence electrons. The van der Waals surface area contributed by atoms with Crippen molar-refractivity contribution in [3.8, 4) is 0 Å². The zero-order chi connectivity index (χ0) is 23.8. The van der Waals surface area contributed by atoms with Gasteiger partial charge in [0.25, 0.3) is 21.8 Å². The molecule has 0 aliphatic heterocycles. The Bertz CT molecular complexity index is 1340. The number of hydrogen-bond acceptors (Lipinski definition) is 8. The monoisotopic (exact) mass is 496 g/mol. The van der Waals surface area contributed by atoms with Crippen molar-refractivity contribution in [1.29, 1.82) is 0 Å². The molecule has 0 saturated carbocycles. The average Bonchev–Trinajstić information content (AvgIpc) is 3.27. The van der Waals surface area contributed by atoms with Crippen molar-refractivity contribution in [2.75, 3.05) is 10.0 Å². The number of anilines is 2. The normalized spacial score (nSPS) is 12.1. The number of aryl methyl sites for hydroxylation is 4. The van der Waals surface area contributed by atoms with Gasteiger partial charge in [-0.1, -0.05) is 33.5 Å². The van der Waals surface area contributed by atoms with Gasteiger partial charge in [-0.05, 0) is 52.3 Å². The molecule has 0 aliphatic rings. The third-order valence-corrected chi connectivity index (χ3v) is 7.57. The number of oxime groups is 1. The number of amides is 1. The van der Waals surface area contributed by atoms with Gasteiger partial charge in [-0.15, -0.1) is 11.3 Å². The van der Waals surface area contributed by atoms with Gasteiger partial charge in [0, 0.05) is 10.4 Å². The zero-order valence-corrected chi connectivity index (χ0v) is 20.3. The maximum absolute atomic E-state index is 13.2. The quantitative estimate of drug-likeness (QED) is 0.253. The van der Waals surface area contributed by atoms with Crippen LogP contribution in [0.3, 0.4) is 0 Å². The molecule has 3 N–H and O–H groups in total. The number of rotatable bonds is 6. The Kier molecular flexibility index (Phi) is 6.63. The van der Waals surface area contributed by atoms with E-state index in [2.05, 4.69) is 20.4 Å². The summed E-state index contributed by atoms with van der Waals surface area (Å²) in [6.07, 6.45) is 0. The SMILES string of the molecule is C/C(=N\O)c1cc(C)cc(C)c1NC(=O)c1sc(C)cc1S(=O)(=O)Nc1onc(C)c1Cl. The number of carbonyl (C=O) groups is 1. The van der Waals surface area contributed by atoms with Gasteiger partial charge in [-0.25, -0.2) is 13.1 Å². The van der Waals surface area contributed by atoms with Gasteiger partial charge in [0.2, 0.25) is 0 Å². The number of nitrogens with one attached hydrogen (secondary N) is 2. The lowest BCUT2D eigenvalue weighted by atomic mass is 10.0. The van der Waals surface area contributed by atoms with Gasteiger partial charge in [-0.2, -0.15) is 0 Å². The third kappa shape index (κ3) is 4.64. The van der Waals surface area contributed by atoms with Crippen molar-refractivity contribution in [1.82, 2.24) is 5.16 Å². The molecule has 0 fully saturated rings. The predicted molar refractivity (Wildman–Crippen MR) is 124 cm³/mol. The topological polar surface area (TPSA) is 134 Å². The van der Waals surface area contributed by atoms with Crippen molar-refractivity contribution in [3.63, 3.8) is 0 Å². The molecule has 0 bridgehead atoms. The minimum atomic E-state index is -4.20. The Morgan fingerprint density at radius 3 is 2.50 bits per heavy atom. The Labute approximate surface area is 194 Å². The first-order valence-electron chi connectivity index (χ1n) is 9.31. The lowest BCUT2D eigenvalue weighted by Crippen LogP contribution is -2.20. The van der Waals surface area contributed by atoms with E-state index in [0.717, 1.165) is 22.5 Å². The van der Waals surface area contributed by atoms with E-state index >= 15 is 0 Å². The van der Waals surface area contributed by atoms with E-state index in [1.165, 1.54) is 6.07 Å². The van der Waals surface area contributed by atoms with Gasteiger partial charge in [0.05, 0.1) is 11.4 Å². The fourth-order valence-corrected chi connectivity index (χ4v) is 5.76. The van der Waals surface area contributed by atoms with E-state index < -0.39 is 15.9 Å². The second kappa shape index (κ2) is 8.93. The molecule has 32 heavy (non-hydrogen) atoms. The maximum Gasteiger partial charge on any atom is 0.267 e. The fraction of sp³-hybridized carbons (Fsp3) is 0.250. The standard InChI is InChI=1S/C20H21ClN4O5S2/c1-9-6-10(2)17(14(7-9)12(4)23-27)22-19(26)18-15(8-11(3)31-18)32(28,29)25-20-16(21)13(5)24-30-20/h6-8,25,27H,1-5H3,(H,22,26)/b23-12+. The highest BCUT2D eigenvalue weighted by Gasteiger charge is 2.28. The molecule has 2 aromatic heterocycles. The minimum absolute atomic E-state index is 0.0214. The number of sulfonamides is 1. The first-order valence-corrected chi connectivity index (χ1v) is 12.0. The van der Waals surface area contributed by atoms with E-state index in [1.807, 2.05) is 13.0 Å². The molecule has 3 aromatic rings. The van der Waals surface area contributed by atoms with Crippen LogP contribution in [-0.2, 0) is 10.0 Å². The summed E-state index contributed by atoms with van der Waals surface area (Å²) in [7, 11) is -4.20. The van der Waals surface area contributed by atoms with E-state index in [-0.39, 0.29) is 20.7 Å². The molecule has 0 aliphatic carbocycles. The van der Waals surface area contributed by atoms with Crippen molar-refractivity contribution < 1.29 is 22.9 Å². The number of nitrogens with zero attached hydrogens (tertiary/aromatic N) is 2. The molecule has 1 amide bonds. The second-order valence-electron chi connectivity index (χ2n) is 7.21. The lowest BCUT2D eigenvalue weighted by Gasteiger charge is -2.15. The predicted octanol–water partition coefficient (Wildman–Crippen LogP) is 4.87.